The van der Waals surface area contributed by atoms with Crippen LogP contribution < -0.4 is 10.6 Å². The third-order valence-electron chi connectivity index (χ3n) is 2.97. The van der Waals surface area contributed by atoms with Crippen LogP contribution in [0.1, 0.15) is 24.8 Å². The summed E-state index contributed by atoms with van der Waals surface area (Å²) in [6.45, 7) is 5.43. The largest absolute Gasteiger partial charge is 0.364 e. The quantitative estimate of drug-likeness (QED) is 0.726. The lowest BCUT2D eigenvalue weighted by molar-refractivity contribution is 0.391. The number of hydrogen-bond donors (Lipinski definition) is 2. The SMILES string of the molecule is CCCNc1nc(NCc2cc(C)on2)c2ccsc2n1. The van der Waals surface area contributed by atoms with Crippen LogP contribution in [0, 0.1) is 6.92 Å². The third kappa shape index (κ3) is 3.13. The van der Waals surface area contributed by atoms with Crippen molar-refractivity contribution in [2.24, 2.45) is 0 Å². The van der Waals surface area contributed by atoms with Gasteiger partial charge in [0.15, 0.2) is 0 Å². The second-order valence-electron chi connectivity index (χ2n) is 4.74. The number of anilines is 2. The predicted molar refractivity (Wildman–Crippen MR) is 84.8 cm³/mol. The molecule has 0 bridgehead atoms. The first-order valence-corrected chi connectivity index (χ1v) is 7.79. The van der Waals surface area contributed by atoms with Gasteiger partial charge >= 0.3 is 0 Å². The van der Waals surface area contributed by atoms with E-state index in [1.54, 1.807) is 11.3 Å². The lowest BCUT2D eigenvalue weighted by Crippen LogP contribution is -2.08. The summed E-state index contributed by atoms with van der Waals surface area (Å²) in [5.41, 5.74) is 0.859. The van der Waals surface area contributed by atoms with Crippen LogP contribution >= 0.6 is 11.3 Å². The number of nitrogens with zero attached hydrogens (tertiary/aromatic N) is 3. The molecule has 0 saturated carbocycles. The molecule has 2 N–H and O–H groups in total. The molecular formula is C14H17N5OS. The molecule has 3 aromatic rings. The van der Waals surface area contributed by atoms with Gasteiger partial charge in [-0.05, 0) is 24.8 Å². The molecule has 0 fully saturated rings. The summed E-state index contributed by atoms with van der Waals surface area (Å²) < 4.78 is 5.07. The average Bonchev–Trinajstić information content (AvgIpc) is 3.11. The van der Waals surface area contributed by atoms with Gasteiger partial charge in [0.25, 0.3) is 0 Å². The summed E-state index contributed by atoms with van der Waals surface area (Å²) in [6, 6.07) is 3.94. The molecule has 110 valence electrons. The second kappa shape index (κ2) is 6.09. The Labute approximate surface area is 126 Å². The molecule has 0 aliphatic carbocycles. The van der Waals surface area contributed by atoms with Gasteiger partial charge in [0.05, 0.1) is 11.9 Å². The van der Waals surface area contributed by atoms with E-state index in [9.17, 15) is 0 Å². The molecule has 0 aliphatic rings. The summed E-state index contributed by atoms with van der Waals surface area (Å²) in [5, 5.41) is 13.6. The highest BCUT2D eigenvalue weighted by Gasteiger charge is 2.09. The van der Waals surface area contributed by atoms with Crippen molar-refractivity contribution in [3.63, 3.8) is 0 Å². The lowest BCUT2D eigenvalue weighted by Gasteiger charge is -2.08. The zero-order valence-electron chi connectivity index (χ0n) is 12.0. The minimum Gasteiger partial charge on any atom is -0.364 e. The smallest absolute Gasteiger partial charge is 0.226 e. The van der Waals surface area contributed by atoms with Gasteiger partial charge in [-0.25, -0.2) is 4.98 Å². The van der Waals surface area contributed by atoms with Crippen LogP contribution in [0.5, 0.6) is 0 Å². The average molecular weight is 303 g/mol. The highest BCUT2D eigenvalue weighted by molar-refractivity contribution is 7.16. The van der Waals surface area contributed by atoms with Crippen LogP contribution in [0.4, 0.5) is 11.8 Å². The minimum absolute atomic E-state index is 0.576. The molecule has 0 atom stereocenters. The van der Waals surface area contributed by atoms with Crippen molar-refractivity contribution in [1.29, 1.82) is 0 Å². The van der Waals surface area contributed by atoms with E-state index < -0.39 is 0 Å². The summed E-state index contributed by atoms with van der Waals surface area (Å²) in [4.78, 5) is 10.0. The predicted octanol–water partition coefficient (Wildman–Crippen LogP) is 3.42. The van der Waals surface area contributed by atoms with Gasteiger partial charge in [-0.2, -0.15) is 4.98 Å². The molecule has 3 aromatic heterocycles. The number of aryl methyl sites for hydroxylation is 1. The van der Waals surface area contributed by atoms with Gasteiger partial charge in [0, 0.05) is 12.6 Å². The van der Waals surface area contributed by atoms with E-state index in [0.29, 0.717) is 12.5 Å². The highest BCUT2D eigenvalue weighted by Crippen LogP contribution is 2.26. The van der Waals surface area contributed by atoms with E-state index in [4.69, 9.17) is 4.52 Å². The summed E-state index contributed by atoms with van der Waals surface area (Å²) in [6.07, 6.45) is 1.03. The standard InChI is InChI=1S/C14H17N5OS/c1-3-5-15-14-17-12(11-4-6-21-13(11)18-14)16-8-10-7-9(2)20-19-10/h4,6-7H,3,5,8H2,1-2H3,(H2,15,16,17,18). The normalized spacial score (nSPS) is 11.0. The fourth-order valence-electron chi connectivity index (χ4n) is 1.98. The van der Waals surface area contributed by atoms with Crippen molar-refractivity contribution in [1.82, 2.24) is 15.1 Å². The number of aromatic nitrogens is 3. The number of nitrogens with one attached hydrogen (secondary N) is 2. The Morgan fingerprint density at radius 1 is 1.29 bits per heavy atom. The molecule has 0 aromatic carbocycles. The van der Waals surface area contributed by atoms with Crippen molar-refractivity contribution < 1.29 is 4.52 Å². The molecule has 0 amide bonds. The molecule has 6 nitrogen and oxygen atoms in total. The Balaban J connectivity index is 1.83. The van der Waals surface area contributed by atoms with Gasteiger partial charge < -0.3 is 15.2 Å². The van der Waals surface area contributed by atoms with Crippen LogP contribution in [0.25, 0.3) is 10.2 Å². The first kappa shape index (κ1) is 13.8. The van der Waals surface area contributed by atoms with Gasteiger partial charge in [0.1, 0.15) is 22.1 Å². The first-order chi connectivity index (χ1) is 10.3. The molecule has 0 saturated heterocycles. The maximum atomic E-state index is 5.07. The molecule has 21 heavy (non-hydrogen) atoms. The molecule has 0 aliphatic heterocycles. The van der Waals surface area contributed by atoms with Crippen molar-refractivity contribution in [3.05, 3.63) is 29.0 Å². The monoisotopic (exact) mass is 303 g/mol. The Morgan fingerprint density at radius 2 is 2.19 bits per heavy atom. The molecule has 3 rings (SSSR count). The fourth-order valence-corrected chi connectivity index (χ4v) is 2.75. The number of hydrogen-bond acceptors (Lipinski definition) is 7. The fraction of sp³-hybridized carbons (Fsp3) is 0.357. The van der Waals surface area contributed by atoms with E-state index in [1.807, 2.05) is 24.4 Å². The van der Waals surface area contributed by atoms with E-state index in [-0.39, 0.29) is 0 Å². The zero-order valence-corrected chi connectivity index (χ0v) is 12.8. The minimum atomic E-state index is 0.576. The van der Waals surface area contributed by atoms with E-state index in [0.717, 1.165) is 40.5 Å². The molecule has 3 heterocycles. The number of rotatable bonds is 6. The lowest BCUT2D eigenvalue weighted by atomic mass is 10.3. The summed E-state index contributed by atoms with van der Waals surface area (Å²) in [5.74, 6) is 2.28. The van der Waals surface area contributed by atoms with Crippen LogP contribution in [0.15, 0.2) is 22.0 Å². The topological polar surface area (TPSA) is 75.9 Å². The third-order valence-corrected chi connectivity index (χ3v) is 3.78. The van der Waals surface area contributed by atoms with E-state index in [2.05, 4.69) is 32.7 Å². The molecular weight excluding hydrogens is 286 g/mol. The number of thiophene rings is 1. The van der Waals surface area contributed by atoms with Crippen LogP contribution in [0.3, 0.4) is 0 Å². The van der Waals surface area contributed by atoms with Crippen molar-refractivity contribution in [2.75, 3.05) is 17.2 Å². The van der Waals surface area contributed by atoms with Crippen molar-refractivity contribution >= 4 is 33.3 Å². The van der Waals surface area contributed by atoms with Gasteiger partial charge in [-0.1, -0.05) is 12.1 Å². The maximum Gasteiger partial charge on any atom is 0.226 e. The highest BCUT2D eigenvalue weighted by atomic mass is 32.1. The van der Waals surface area contributed by atoms with Gasteiger partial charge in [0.2, 0.25) is 5.95 Å². The maximum absolute atomic E-state index is 5.07. The molecule has 0 radical (unpaired) electrons. The zero-order chi connectivity index (χ0) is 14.7. The first-order valence-electron chi connectivity index (χ1n) is 6.91. The Bertz CT molecular complexity index is 736. The van der Waals surface area contributed by atoms with Gasteiger partial charge in [-0.15, -0.1) is 11.3 Å². The summed E-state index contributed by atoms with van der Waals surface area (Å²) >= 11 is 1.61. The molecule has 0 spiro atoms. The van der Waals surface area contributed by atoms with Crippen LogP contribution in [-0.4, -0.2) is 21.7 Å². The van der Waals surface area contributed by atoms with Crippen molar-refractivity contribution in [2.45, 2.75) is 26.8 Å². The van der Waals surface area contributed by atoms with E-state index >= 15 is 0 Å². The van der Waals surface area contributed by atoms with Gasteiger partial charge in [-0.3, -0.25) is 0 Å². The number of fused-ring (bicyclic) bond motifs is 1. The second-order valence-corrected chi connectivity index (χ2v) is 5.64. The Morgan fingerprint density at radius 3 is 2.95 bits per heavy atom. The summed E-state index contributed by atoms with van der Waals surface area (Å²) in [7, 11) is 0. The Kier molecular flexibility index (Phi) is 4.01. The molecule has 0 unspecified atom stereocenters. The van der Waals surface area contributed by atoms with E-state index in [1.165, 1.54) is 0 Å². The van der Waals surface area contributed by atoms with Crippen LogP contribution in [-0.2, 0) is 6.54 Å². The van der Waals surface area contributed by atoms with Crippen LogP contribution in [0.2, 0.25) is 0 Å². The molecule has 7 heteroatoms. The Hall–Kier alpha value is -2.15. The van der Waals surface area contributed by atoms with Crippen molar-refractivity contribution in [3.8, 4) is 0 Å².